The molecule has 0 spiro atoms. The van der Waals surface area contributed by atoms with Gasteiger partial charge in [-0.1, -0.05) is 19.8 Å². The second kappa shape index (κ2) is 9.60. The zero-order valence-corrected chi connectivity index (χ0v) is 14.9. The second-order valence-corrected chi connectivity index (χ2v) is 7.41. The zero-order chi connectivity index (χ0) is 16.7. The Labute approximate surface area is 141 Å². The van der Waals surface area contributed by atoms with Crippen molar-refractivity contribution >= 4 is 5.97 Å². The summed E-state index contributed by atoms with van der Waals surface area (Å²) in [6.07, 6.45) is 8.98. The van der Waals surface area contributed by atoms with Crippen LogP contribution in [0.3, 0.4) is 0 Å². The molecule has 0 radical (unpaired) electrons. The van der Waals surface area contributed by atoms with Gasteiger partial charge in [-0.25, -0.2) is 0 Å². The minimum absolute atomic E-state index is 0.146. The molecule has 5 heteroatoms. The molecule has 2 aliphatic rings. The summed E-state index contributed by atoms with van der Waals surface area (Å²) < 4.78 is 6.14. The fraction of sp³-hybridized carbons (Fsp3) is 0.944. The van der Waals surface area contributed by atoms with E-state index in [4.69, 9.17) is 9.84 Å². The van der Waals surface area contributed by atoms with Crippen molar-refractivity contribution in [1.29, 1.82) is 0 Å². The summed E-state index contributed by atoms with van der Waals surface area (Å²) in [5, 5.41) is 8.93. The third-order valence-corrected chi connectivity index (χ3v) is 5.57. The van der Waals surface area contributed by atoms with Crippen molar-refractivity contribution in [2.75, 3.05) is 39.8 Å². The van der Waals surface area contributed by atoms with Crippen LogP contribution in [-0.2, 0) is 9.53 Å². The third-order valence-electron chi connectivity index (χ3n) is 5.57. The van der Waals surface area contributed by atoms with E-state index in [0.717, 1.165) is 45.5 Å². The molecule has 1 aliphatic heterocycles. The Morgan fingerprint density at radius 1 is 1.17 bits per heavy atom. The molecule has 134 valence electrons. The van der Waals surface area contributed by atoms with E-state index in [0.29, 0.717) is 18.1 Å². The van der Waals surface area contributed by atoms with Crippen molar-refractivity contribution in [2.24, 2.45) is 5.92 Å². The lowest BCUT2D eigenvalue weighted by atomic mass is 9.88. The summed E-state index contributed by atoms with van der Waals surface area (Å²) >= 11 is 0. The molecular formula is C18H34N2O3. The number of likely N-dealkylation sites (tertiary alicyclic amines) is 1. The molecule has 5 nitrogen and oxygen atoms in total. The van der Waals surface area contributed by atoms with Gasteiger partial charge in [0.1, 0.15) is 0 Å². The summed E-state index contributed by atoms with van der Waals surface area (Å²) in [7, 11) is 1.93. The molecule has 1 saturated carbocycles. The van der Waals surface area contributed by atoms with Gasteiger partial charge >= 0.3 is 5.97 Å². The van der Waals surface area contributed by atoms with Crippen molar-refractivity contribution in [3.8, 4) is 0 Å². The van der Waals surface area contributed by atoms with Gasteiger partial charge in [-0.3, -0.25) is 9.69 Å². The minimum Gasteiger partial charge on any atom is -0.480 e. The molecule has 3 unspecified atom stereocenters. The molecule has 0 amide bonds. The maximum Gasteiger partial charge on any atom is 0.317 e. The predicted molar refractivity (Wildman–Crippen MR) is 91.7 cm³/mol. The van der Waals surface area contributed by atoms with Gasteiger partial charge in [0.2, 0.25) is 0 Å². The van der Waals surface area contributed by atoms with Gasteiger partial charge in [-0.05, 0) is 58.2 Å². The molecule has 1 heterocycles. The number of carbonyl (C=O) groups is 1. The first-order chi connectivity index (χ1) is 11.1. The fourth-order valence-electron chi connectivity index (χ4n) is 4.01. The number of carboxylic acid groups (broad SMARTS) is 1. The van der Waals surface area contributed by atoms with Gasteiger partial charge in [-0.15, -0.1) is 0 Å². The lowest BCUT2D eigenvalue weighted by Crippen LogP contribution is -2.37. The first-order valence-electron chi connectivity index (χ1n) is 9.32. The zero-order valence-electron chi connectivity index (χ0n) is 14.9. The molecule has 1 N–H and O–H groups in total. The lowest BCUT2D eigenvalue weighted by molar-refractivity contribution is -0.138. The van der Waals surface area contributed by atoms with E-state index in [9.17, 15) is 4.79 Å². The number of nitrogens with zero attached hydrogens (tertiary/aromatic N) is 2. The summed E-state index contributed by atoms with van der Waals surface area (Å²) in [4.78, 5) is 15.3. The molecule has 2 rings (SSSR count). The normalized spacial score (nSPS) is 30.3. The first kappa shape index (κ1) is 18.7. The average molecular weight is 326 g/mol. The van der Waals surface area contributed by atoms with Gasteiger partial charge in [-0.2, -0.15) is 0 Å². The van der Waals surface area contributed by atoms with Crippen LogP contribution in [0, 0.1) is 5.92 Å². The minimum atomic E-state index is -0.733. The Morgan fingerprint density at radius 3 is 2.70 bits per heavy atom. The van der Waals surface area contributed by atoms with Gasteiger partial charge in [0.05, 0.1) is 19.3 Å². The highest BCUT2D eigenvalue weighted by molar-refractivity contribution is 5.69. The SMILES string of the molecule is CC1CCCCC1OCCN1CCCC(N(C)CC(=O)O)CC1. The van der Waals surface area contributed by atoms with Crippen molar-refractivity contribution < 1.29 is 14.6 Å². The molecule has 0 aromatic rings. The molecule has 0 aromatic heterocycles. The summed E-state index contributed by atoms with van der Waals surface area (Å²) in [5.41, 5.74) is 0. The number of hydrogen-bond acceptors (Lipinski definition) is 4. The van der Waals surface area contributed by atoms with Crippen LogP contribution in [-0.4, -0.2) is 72.9 Å². The van der Waals surface area contributed by atoms with Crippen LogP contribution >= 0.6 is 0 Å². The van der Waals surface area contributed by atoms with E-state index >= 15 is 0 Å². The number of hydrogen-bond donors (Lipinski definition) is 1. The molecule has 0 aromatic carbocycles. The number of aliphatic carboxylic acids is 1. The van der Waals surface area contributed by atoms with Gasteiger partial charge in [0.25, 0.3) is 0 Å². The molecule has 2 fully saturated rings. The Morgan fingerprint density at radius 2 is 1.96 bits per heavy atom. The number of ether oxygens (including phenoxy) is 1. The monoisotopic (exact) mass is 326 g/mol. The van der Waals surface area contributed by atoms with E-state index in [2.05, 4.69) is 11.8 Å². The van der Waals surface area contributed by atoms with Crippen LogP contribution in [0.1, 0.15) is 51.9 Å². The molecule has 1 saturated heterocycles. The topological polar surface area (TPSA) is 53.0 Å². The van der Waals surface area contributed by atoms with Crippen LogP contribution in [0.4, 0.5) is 0 Å². The maximum absolute atomic E-state index is 10.9. The van der Waals surface area contributed by atoms with Crippen LogP contribution in [0.2, 0.25) is 0 Å². The highest BCUT2D eigenvalue weighted by Crippen LogP contribution is 2.26. The third kappa shape index (κ3) is 6.40. The molecule has 1 aliphatic carbocycles. The van der Waals surface area contributed by atoms with Crippen LogP contribution < -0.4 is 0 Å². The second-order valence-electron chi connectivity index (χ2n) is 7.41. The molecular weight excluding hydrogens is 292 g/mol. The van der Waals surface area contributed by atoms with Crippen molar-refractivity contribution in [2.45, 2.75) is 64.0 Å². The maximum atomic E-state index is 10.9. The Kier molecular flexibility index (Phi) is 7.80. The van der Waals surface area contributed by atoms with E-state index in [1.165, 1.54) is 25.7 Å². The predicted octanol–water partition coefficient (Wildman–Crippen LogP) is 2.45. The molecule has 23 heavy (non-hydrogen) atoms. The molecule has 0 bridgehead atoms. The standard InChI is InChI=1S/C18H34N2O3/c1-15-6-3-4-8-17(15)23-13-12-20-10-5-7-16(9-11-20)19(2)14-18(21)22/h15-17H,3-14H2,1-2H3,(H,21,22). The number of likely N-dealkylation sites (N-methyl/N-ethyl adjacent to an activating group) is 1. The van der Waals surface area contributed by atoms with E-state index in [1.807, 2.05) is 11.9 Å². The van der Waals surface area contributed by atoms with Crippen LogP contribution in [0.25, 0.3) is 0 Å². The van der Waals surface area contributed by atoms with Crippen molar-refractivity contribution in [3.63, 3.8) is 0 Å². The van der Waals surface area contributed by atoms with E-state index in [-0.39, 0.29) is 6.54 Å². The largest absolute Gasteiger partial charge is 0.480 e. The smallest absolute Gasteiger partial charge is 0.317 e. The Bertz CT molecular complexity index is 364. The van der Waals surface area contributed by atoms with Gasteiger partial charge in [0.15, 0.2) is 0 Å². The van der Waals surface area contributed by atoms with E-state index in [1.54, 1.807) is 0 Å². The van der Waals surface area contributed by atoms with Crippen molar-refractivity contribution in [3.05, 3.63) is 0 Å². The summed E-state index contributed by atoms with van der Waals surface area (Å²) in [5.74, 6) is -0.0227. The highest BCUT2D eigenvalue weighted by atomic mass is 16.5. The summed E-state index contributed by atoms with van der Waals surface area (Å²) in [6, 6.07) is 0.399. The number of carboxylic acids is 1. The van der Waals surface area contributed by atoms with Crippen LogP contribution in [0.5, 0.6) is 0 Å². The lowest BCUT2D eigenvalue weighted by Gasteiger charge is -2.30. The van der Waals surface area contributed by atoms with Gasteiger partial charge in [0, 0.05) is 12.6 Å². The summed E-state index contributed by atoms with van der Waals surface area (Å²) in [6.45, 7) is 6.48. The quantitative estimate of drug-likeness (QED) is 0.779. The number of rotatable bonds is 7. The first-order valence-corrected chi connectivity index (χ1v) is 9.32. The van der Waals surface area contributed by atoms with Crippen molar-refractivity contribution in [1.82, 2.24) is 9.80 Å². The fourth-order valence-corrected chi connectivity index (χ4v) is 4.01. The Hall–Kier alpha value is -0.650. The van der Waals surface area contributed by atoms with Gasteiger partial charge < -0.3 is 14.7 Å². The average Bonchev–Trinajstić information content (AvgIpc) is 2.74. The molecule has 3 atom stereocenters. The van der Waals surface area contributed by atoms with E-state index < -0.39 is 5.97 Å². The van der Waals surface area contributed by atoms with Crippen LogP contribution in [0.15, 0.2) is 0 Å². The Balaban J connectivity index is 1.66. The highest BCUT2D eigenvalue weighted by Gasteiger charge is 2.23.